The van der Waals surface area contributed by atoms with E-state index < -0.39 is 0 Å². The molecule has 1 fully saturated rings. The lowest BCUT2D eigenvalue weighted by molar-refractivity contribution is 0.0777. The normalized spacial score (nSPS) is 20.7. The van der Waals surface area contributed by atoms with Crippen molar-refractivity contribution in [1.82, 2.24) is 19.7 Å². The molecule has 118 valence electrons. The molecule has 6 nitrogen and oxygen atoms in total. The van der Waals surface area contributed by atoms with E-state index in [4.69, 9.17) is 5.73 Å². The largest absolute Gasteiger partial charge is 0.338 e. The van der Waals surface area contributed by atoms with Gasteiger partial charge in [0.05, 0.1) is 5.69 Å². The summed E-state index contributed by atoms with van der Waals surface area (Å²) in [5.74, 6) is 0.0670. The Morgan fingerprint density at radius 1 is 1.36 bits per heavy atom. The maximum atomic E-state index is 12.5. The van der Waals surface area contributed by atoms with Crippen LogP contribution < -0.4 is 5.73 Å². The first-order chi connectivity index (χ1) is 10.1. The summed E-state index contributed by atoms with van der Waals surface area (Å²) in [5, 5.41) is 4.06. The van der Waals surface area contributed by atoms with E-state index in [2.05, 4.69) is 17.0 Å². The molecule has 1 unspecified atom stereocenters. The molecule has 0 radical (unpaired) electrons. The Bertz CT molecular complexity index is 628. The summed E-state index contributed by atoms with van der Waals surface area (Å²) >= 11 is 0. The zero-order valence-electron chi connectivity index (χ0n) is 12.5. The van der Waals surface area contributed by atoms with E-state index in [-0.39, 0.29) is 23.7 Å². The van der Waals surface area contributed by atoms with Gasteiger partial charge in [0.25, 0.3) is 5.91 Å². The van der Waals surface area contributed by atoms with Crippen LogP contribution in [0.4, 0.5) is 0 Å². The number of benzene rings is 1. The molecule has 22 heavy (non-hydrogen) atoms. The Kier molecular flexibility index (Phi) is 4.83. The van der Waals surface area contributed by atoms with Gasteiger partial charge in [-0.2, -0.15) is 5.10 Å². The fourth-order valence-corrected chi connectivity index (χ4v) is 2.64. The Hall–Kier alpha value is -1.92. The van der Waals surface area contributed by atoms with Crippen LogP contribution in [0.5, 0.6) is 0 Å². The van der Waals surface area contributed by atoms with Gasteiger partial charge in [0, 0.05) is 18.7 Å². The van der Waals surface area contributed by atoms with Crippen LogP contribution in [0.1, 0.15) is 23.7 Å². The third-order valence-electron chi connectivity index (χ3n) is 4.14. The molecule has 0 aliphatic carbocycles. The van der Waals surface area contributed by atoms with Crippen molar-refractivity contribution in [2.45, 2.75) is 13.3 Å². The molecule has 1 aliphatic rings. The highest BCUT2D eigenvalue weighted by atomic mass is 35.5. The summed E-state index contributed by atoms with van der Waals surface area (Å²) in [4.78, 5) is 18.3. The van der Waals surface area contributed by atoms with Crippen molar-refractivity contribution < 1.29 is 4.79 Å². The van der Waals surface area contributed by atoms with E-state index in [1.807, 2.05) is 29.2 Å². The lowest BCUT2D eigenvalue weighted by Crippen LogP contribution is -2.34. The summed E-state index contributed by atoms with van der Waals surface area (Å²) in [6.45, 7) is 4.25. The Balaban J connectivity index is 0.00000176. The molecule has 2 aromatic rings. The van der Waals surface area contributed by atoms with Crippen molar-refractivity contribution in [3.63, 3.8) is 0 Å². The number of amides is 1. The molecule has 0 bridgehead atoms. The first-order valence-corrected chi connectivity index (χ1v) is 7.06. The van der Waals surface area contributed by atoms with Gasteiger partial charge in [-0.15, -0.1) is 12.4 Å². The van der Waals surface area contributed by atoms with Gasteiger partial charge in [-0.05, 0) is 42.6 Å². The van der Waals surface area contributed by atoms with Crippen molar-refractivity contribution in [2.24, 2.45) is 11.1 Å². The van der Waals surface area contributed by atoms with Crippen molar-refractivity contribution in [2.75, 3.05) is 19.6 Å². The summed E-state index contributed by atoms with van der Waals surface area (Å²) in [6.07, 6.45) is 4.08. The van der Waals surface area contributed by atoms with E-state index in [0.29, 0.717) is 12.1 Å². The van der Waals surface area contributed by atoms with Gasteiger partial charge >= 0.3 is 0 Å². The Morgan fingerprint density at radius 2 is 2.09 bits per heavy atom. The van der Waals surface area contributed by atoms with Crippen LogP contribution in [-0.2, 0) is 0 Å². The molecule has 1 aliphatic heterocycles. The van der Waals surface area contributed by atoms with Crippen LogP contribution in [0, 0.1) is 5.41 Å². The quantitative estimate of drug-likeness (QED) is 0.929. The maximum Gasteiger partial charge on any atom is 0.253 e. The van der Waals surface area contributed by atoms with Gasteiger partial charge in [0.15, 0.2) is 0 Å². The minimum Gasteiger partial charge on any atom is -0.338 e. The number of nitrogens with two attached hydrogens (primary N) is 1. The van der Waals surface area contributed by atoms with E-state index in [1.165, 1.54) is 6.33 Å². The molecule has 1 atom stereocenters. The van der Waals surface area contributed by atoms with E-state index >= 15 is 0 Å². The molecule has 1 aromatic carbocycles. The Morgan fingerprint density at radius 3 is 2.64 bits per heavy atom. The van der Waals surface area contributed by atoms with Crippen LogP contribution in [0.2, 0.25) is 0 Å². The number of nitrogens with zero attached hydrogens (tertiary/aromatic N) is 4. The predicted octanol–water partition coefficient (Wildman–Crippen LogP) is 1.50. The summed E-state index contributed by atoms with van der Waals surface area (Å²) < 4.78 is 1.66. The predicted molar refractivity (Wildman–Crippen MR) is 86.3 cm³/mol. The fraction of sp³-hybridized carbons (Fsp3) is 0.400. The first kappa shape index (κ1) is 16.5. The molecule has 2 N–H and O–H groups in total. The second kappa shape index (κ2) is 6.46. The summed E-state index contributed by atoms with van der Waals surface area (Å²) in [5.41, 5.74) is 7.42. The summed E-state index contributed by atoms with van der Waals surface area (Å²) in [6, 6.07) is 7.41. The average Bonchev–Trinajstić information content (AvgIpc) is 3.17. The molecule has 2 heterocycles. The van der Waals surface area contributed by atoms with E-state index in [0.717, 1.165) is 25.2 Å². The molecule has 0 saturated carbocycles. The van der Waals surface area contributed by atoms with Crippen molar-refractivity contribution >= 4 is 18.3 Å². The van der Waals surface area contributed by atoms with E-state index in [9.17, 15) is 4.79 Å². The number of carbonyl (C=O) groups is 1. The average molecular weight is 322 g/mol. The lowest BCUT2D eigenvalue weighted by atomic mass is 9.90. The number of aromatic nitrogens is 3. The minimum absolute atomic E-state index is 0. The van der Waals surface area contributed by atoms with Crippen LogP contribution >= 0.6 is 12.4 Å². The topological polar surface area (TPSA) is 77.0 Å². The first-order valence-electron chi connectivity index (χ1n) is 7.06. The number of likely N-dealkylation sites (tertiary alicyclic amines) is 1. The number of carbonyl (C=O) groups excluding carboxylic acids is 1. The third kappa shape index (κ3) is 3.13. The molecule has 1 saturated heterocycles. The fourth-order valence-electron chi connectivity index (χ4n) is 2.64. The zero-order chi connectivity index (χ0) is 14.9. The van der Waals surface area contributed by atoms with Crippen molar-refractivity contribution in [1.29, 1.82) is 0 Å². The van der Waals surface area contributed by atoms with E-state index in [1.54, 1.807) is 11.0 Å². The maximum absolute atomic E-state index is 12.5. The van der Waals surface area contributed by atoms with Crippen LogP contribution in [0.15, 0.2) is 36.9 Å². The molecular formula is C15H20ClN5O. The molecule has 1 aromatic heterocycles. The molecular weight excluding hydrogens is 302 g/mol. The number of rotatable bonds is 3. The van der Waals surface area contributed by atoms with Gasteiger partial charge in [-0.1, -0.05) is 6.92 Å². The number of hydrogen-bond donors (Lipinski definition) is 1. The molecule has 3 rings (SSSR count). The number of halogens is 1. The smallest absolute Gasteiger partial charge is 0.253 e. The van der Waals surface area contributed by atoms with Gasteiger partial charge in [0.2, 0.25) is 0 Å². The SMILES string of the molecule is CC1(CN)CCN(C(=O)c2ccc(-n3cncn3)cc2)C1.Cl. The standard InChI is InChI=1S/C15H19N5O.ClH/c1-15(8-16)6-7-19(9-15)14(21)12-2-4-13(5-3-12)20-11-17-10-18-20;/h2-5,10-11H,6-9,16H2,1H3;1H. The highest BCUT2D eigenvalue weighted by Crippen LogP contribution is 2.29. The van der Waals surface area contributed by atoms with Gasteiger partial charge in [0.1, 0.15) is 12.7 Å². The van der Waals surface area contributed by atoms with Gasteiger partial charge < -0.3 is 10.6 Å². The molecule has 7 heteroatoms. The Labute approximate surface area is 135 Å². The van der Waals surface area contributed by atoms with Crippen molar-refractivity contribution in [3.05, 3.63) is 42.5 Å². The third-order valence-corrected chi connectivity index (χ3v) is 4.14. The van der Waals surface area contributed by atoms with Crippen LogP contribution in [0.25, 0.3) is 5.69 Å². The number of hydrogen-bond acceptors (Lipinski definition) is 4. The highest BCUT2D eigenvalue weighted by molar-refractivity contribution is 5.94. The molecule has 1 amide bonds. The zero-order valence-corrected chi connectivity index (χ0v) is 13.3. The van der Waals surface area contributed by atoms with Crippen molar-refractivity contribution in [3.8, 4) is 5.69 Å². The van der Waals surface area contributed by atoms with Gasteiger partial charge in [-0.3, -0.25) is 4.79 Å². The van der Waals surface area contributed by atoms with Crippen LogP contribution in [-0.4, -0.2) is 45.2 Å². The van der Waals surface area contributed by atoms with Crippen LogP contribution in [0.3, 0.4) is 0 Å². The second-order valence-electron chi connectivity index (χ2n) is 5.88. The highest BCUT2D eigenvalue weighted by Gasteiger charge is 2.35. The second-order valence-corrected chi connectivity index (χ2v) is 5.88. The monoisotopic (exact) mass is 321 g/mol. The van der Waals surface area contributed by atoms with Gasteiger partial charge in [-0.25, -0.2) is 9.67 Å². The molecule has 0 spiro atoms. The lowest BCUT2D eigenvalue weighted by Gasteiger charge is -2.22. The minimum atomic E-state index is 0. The summed E-state index contributed by atoms with van der Waals surface area (Å²) in [7, 11) is 0.